The number of amides is 1. The van der Waals surface area contributed by atoms with Gasteiger partial charge in [-0.05, 0) is 58.2 Å². The van der Waals surface area contributed by atoms with Crippen molar-refractivity contribution in [3.8, 4) is 11.5 Å². The van der Waals surface area contributed by atoms with Crippen LogP contribution in [0.25, 0.3) is 0 Å². The number of hydrazone groups is 1. The highest BCUT2D eigenvalue weighted by atomic mass is 79.9. The Morgan fingerprint density at radius 2 is 1.86 bits per heavy atom. The zero-order valence-corrected chi connectivity index (χ0v) is 22.3. The number of sulfonamides is 1. The van der Waals surface area contributed by atoms with Crippen LogP contribution in [0.3, 0.4) is 0 Å². The predicted molar refractivity (Wildman–Crippen MR) is 141 cm³/mol. The number of carbonyl (C=O) groups is 1. The van der Waals surface area contributed by atoms with Gasteiger partial charge in [-0.15, -0.1) is 0 Å². The molecule has 190 valence electrons. The lowest BCUT2D eigenvalue weighted by Crippen LogP contribution is -2.39. The molecule has 1 amide bonds. The molecule has 1 N–H and O–H groups in total. The summed E-state index contributed by atoms with van der Waals surface area (Å²) in [6.45, 7) is 1.71. The van der Waals surface area contributed by atoms with E-state index in [1.54, 1.807) is 12.1 Å². The van der Waals surface area contributed by atoms with Gasteiger partial charge in [-0.2, -0.15) is 5.10 Å². The third-order valence-electron chi connectivity index (χ3n) is 4.97. The molecule has 3 rings (SSSR count). The fourth-order valence-corrected chi connectivity index (χ4v) is 4.61. The van der Waals surface area contributed by atoms with Crippen molar-refractivity contribution in [1.82, 2.24) is 5.43 Å². The molecular weight excluding hydrogens is 553 g/mol. The molecule has 0 aliphatic heterocycles. The van der Waals surface area contributed by atoms with Crippen molar-refractivity contribution in [2.24, 2.45) is 5.10 Å². The highest BCUT2D eigenvalue weighted by molar-refractivity contribution is 9.10. The number of methoxy groups -OCH3 is 1. The Balaban J connectivity index is 1.68. The summed E-state index contributed by atoms with van der Waals surface area (Å²) in [5.74, 6) is -0.551. The summed E-state index contributed by atoms with van der Waals surface area (Å²) in [4.78, 5) is 12.4. The fourth-order valence-electron chi connectivity index (χ4n) is 3.17. The van der Waals surface area contributed by atoms with E-state index in [1.165, 1.54) is 31.5 Å². The molecular formula is C25H25BrFN3O5S. The lowest BCUT2D eigenvalue weighted by Gasteiger charge is -2.21. The van der Waals surface area contributed by atoms with Gasteiger partial charge in [0.1, 0.15) is 19.0 Å². The summed E-state index contributed by atoms with van der Waals surface area (Å²) < 4.78 is 51.0. The maximum atomic E-state index is 14.1. The number of ether oxygens (including phenoxy) is 2. The monoisotopic (exact) mass is 577 g/mol. The first-order valence-corrected chi connectivity index (χ1v) is 13.3. The molecule has 0 bridgehead atoms. The lowest BCUT2D eigenvalue weighted by atomic mass is 10.2. The van der Waals surface area contributed by atoms with Crippen LogP contribution in [0.2, 0.25) is 0 Å². The van der Waals surface area contributed by atoms with Crippen LogP contribution in [0.4, 0.5) is 10.1 Å². The fraction of sp³-hybridized carbons (Fsp3) is 0.200. The number of anilines is 1. The second kappa shape index (κ2) is 12.0. The van der Waals surface area contributed by atoms with E-state index in [4.69, 9.17) is 9.47 Å². The highest BCUT2D eigenvalue weighted by Crippen LogP contribution is 2.36. The number of aryl methyl sites for hydroxylation is 1. The topological polar surface area (TPSA) is 97.3 Å². The molecule has 0 spiro atoms. The van der Waals surface area contributed by atoms with E-state index in [9.17, 15) is 17.6 Å². The number of hydrogen-bond acceptors (Lipinski definition) is 6. The molecule has 8 nitrogen and oxygen atoms in total. The molecule has 36 heavy (non-hydrogen) atoms. The Hall–Kier alpha value is -3.44. The van der Waals surface area contributed by atoms with Crippen LogP contribution in [0, 0.1) is 12.7 Å². The first kappa shape index (κ1) is 27.2. The number of nitrogens with zero attached hydrogens (tertiary/aromatic N) is 2. The van der Waals surface area contributed by atoms with E-state index in [-0.39, 0.29) is 5.69 Å². The molecule has 0 saturated carbocycles. The van der Waals surface area contributed by atoms with E-state index < -0.39 is 28.3 Å². The molecule has 0 fully saturated rings. The number of rotatable bonds is 10. The Bertz CT molecular complexity index is 1360. The van der Waals surface area contributed by atoms with Crippen LogP contribution in [-0.4, -0.2) is 40.4 Å². The van der Waals surface area contributed by atoms with Crippen LogP contribution in [0.1, 0.15) is 16.7 Å². The van der Waals surface area contributed by atoms with E-state index in [2.05, 4.69) is 26.5 Å². The van der Waals surface area contributed by atoms with Crippen molar-refractivity contribution in [2.75, 3.05) is 24.2 Å². The predicted octanol–water partition coefficient (Wildman–Crippen LogP) is 4.40. The zero-order valence-electron chi connectivity index (χ0n) is 19.9. The smallest absolute Gasteiger partial charge is 0.260 e. The number of benzene rings is 3. The van der Waals surface area contributed by atoms with Gasteiger partial charge in [0, 0.05) is 0 Å². The number of carbonyl (C=O) groups excluding carboxylic acids is 1. The summed E-state index contributed by atoms with van der Waals surface area (Å²) in [7, 11) is -2.41. The molecule has 0 aromatic heterocycles. The second-order valence-corrected chi connectivity index (χ2v) is 10.6. The molecule has 0 aliphatic carbocycles. The number of para-hydroxylation sites is 1. The normalized spacial score (nSPS) is 11.4. The van der Waals surface area contributed by atoms with Gasteiger partial charge < -0.3 is 9.47 Å². The summed E-state index contributed by atoms with van der Waals surface area (Å²) in [6.07, 6.45) is 2.26. The van der Waals surface area contributed by atoms with Crippen molar-refractivity contribution in [1.29, 1.82) is 0 Å². The molecule has 11 heteroatoms. The molecule has 0 saturated heterocycles. The van der Waals surface area contributed by atoms with Gasteiger partial charge in [0.2, 0.25) is 10.0 Å². The standard InChI is InChI=1S/C25H25BrFN3O5S/c1-17-8-10-18(11-9-17)16-35-25-20(26)12-19(13-23(25)34-2)14-28-29-24(31)15-30(36(3,32)33)22-7-5-4-6-21(22)27/h4-14H,15-16H2,1-3H3,(H,29,31)/b28-14-. The van der Waals surface area contributed by atoms with Gasteiger partial charge in [0.15, 0.2) is 11.5 Å². The second-order valence-electron chi connectivity index (χ2n) is 7.82. The lowest BCUT2D eigenvalue weighted by molar-refractivity contribution is -0.119. The van der Waals surface area contributed by atoms with E-state index >= 15 is 0 Å². The maximum absolute atomic E-state index is 14.1. The van der Waals surface area contributed by atoms with Gasteiger partial charge in [-0.25, -0.2) is 18.2 Å². The molecule has 0 atom stereocenters. The molecule has 0 radical (unpaired) electrons. The molecule has 3 aromatic rings. The third kappa shape index (κ3) is 7.28. The summed E-state index contributed by atoms with van der Waals surface area (Å²) in [6, 6.07) is 16.7. The summed E-state index contributed by atoms with van der Waals surface area (Å²) in [5.41, 5.74) is 4.77. The first-order chi connectivity index (χ1) is 17.1. The molecule has 0 aliphatic rings. The van der Waals surface area contributed by atoms with Crippen LogP contribution in [0.5, 0.6) is 11.5 Å². The van der Waals surface area contributed by atoms with Crippen molar-refractivity contribution < 1.29 is 27.1 Å². The maximum Gasteiger partial charge on any atom is 0.260 e. The number of nitrogens with one attached hydrogen (secondary N) is 1. The van der Waals surface area contributed by atoms with Gasteiger partial charge in [0.05, 0.1) is 29.7 Å². The van der Waals surface area contributed by atoms with E-state index in [0.29, 0.717) is 32.4 Å². The zero-order chi connectivity index (χ0) is 26.3. The minimum Gasteiger partial charge on any atom is -0.493 e. The Kier molecular flexibility index (Phi) is 9.05. The Labute approximate surface area is 217 Å². The van der Waals surface area contributed by atoms with Crippen LogP contribution in [0.15, 0.2) is 70.2 Å². The average Bonchev–Trinajstić information content (AvgIpc) is 2.82. The first-order valence-electron chi connectivity index (χ1n) is 10.7. The molecule has 0 heterocycles. The highest BCUT2D eigenvalue weighted by Gasteiger charge is 2.23. The van der Waals surface area contributed by atoms with Gasteiger partial charge >= 0.3 is 0 Å². The van der Waals surface area contributed by atoms with Crippen molar-refractivity contribution >= 4 is 43.8 Å². The molecule has 0 unspecified atom stereocenters. The summed E-state index contributed by atoms with van der Waals surface area (Å²) in [5, 5.41) is 3.88. The van der Waals surface area contributed by atoms with Gasteiger partial charge in [0.25, 0.3) is 5.91 Å². The van der Waals surface area contributed by atoms with Gasteiger partial charge in [-0.3, -0.25) is 9.10 Å². The van der Waals surface area contributed by atoms with Crippen molar-refractivity contribution in [3.05, 3.63) is 87.6 Å². The average molecular weight is 578 g/mol. The Morgan fingerprint density at radius 3 is 2.50 bits per heavy atom. The SMILES string of the molecule is COc1cc(/C=N\NC(=O)CN(c2ccccc2F)S(C)(=O)=O)cc(Br)c1OCc1ccc(C)cc1. The van der Waals surface area contributed by atoms with Crippen LogP contribution in [-0.2, 0) is 21.4 Å². The van der Waals surface area contributed by atoms with Crippen molar-refractivity contribution in [2.45, 2.75) is 13.5 Å². The summed E-state index contributed by atoms with van der Waals surface area (Å²) >= 11 is 3.47. The minimum atomic E-state index is -3.92. The number of halogens is 2. The largest absolute Gasteiger partial charge is 0.493 e. The van der Waals surface area contributed by atoms with E-state index in [1.807, 2.05) is 31.2 Å². The third-order valence-corrected chi connectivity index (χ3v) is 6.68. The van der Waals surface area contributed by atoms with Crippen LogP contribution < -0.4 is 19.2 Å². The minimum absolute atomic E-state index is 0.228. The number of hydrogen-bond donors (Lipinski definition) is 1. The Morgan fingerprint density at radius 1 is 1.17 bits per heavy atom. The van der Waals surface area contributed by atoms with Crippen molar-refractivity contribution in [3.63, 3.8) is 0 Å². The van der Waals surface area contributed by atoms with Gasteiger partial charge in [-0.1, -0.05) is 42.0 Å². The van der Waals surface area contributed by atoms with E-state index in [0.717, 1.165) is 23.4 Å². The quantitative estimate of drug-likeness (QED) is 0.284. The van der Waals surface area contributed by atoms with Crippen LogP contribution >= 0.6 is 15.9 Å². The molecule has 3 aromatic carbocycles.